The van der Waals surface area contributed by atoms with E-state index in [1.807, 2.05) is 6.07 Å². The van der Waals surface area contributed by atoms with Gasteiger partial charge in [-0.25, -0.2) is 4.79 Å². The van der Waals surface area contributed by atoms with Gasteiger partial charge in [0.05, 0.1) is 27.8 Å². The molecule has 4 rings (SSSR count). The molecular weight excluding hydrogens is 320 g/mol. The number of fused-ring (bicyclic) bond motifs is 3. The van der Waals surface area contributed by atoms with Crippen LogP contribution >= 0.6 is 0 Å². The van der Waals surface area contributed by atoms with E-state index in [0.29, 0.717) is 11.3 Å². The standard InChI is InChI=1S/C19H16N2O4/c22-19(23)15-9-4-8-13-11-6-3-7-12(11)17(20-18(13)15)14-5-1-2-10-16(14)21(24)25/h1-6,8-12,17,20H,7H2,(H,22,23)/t11-,12+,17-/m0/s1. The van der Waals surface area contributed by atoms with E-state index in [2.05, 4.69) is 17.5 Å². The average Bonchev–Trinajstić information content (AvgIpc) is 3.10. The Balaban J connectivity index is 1.88. The van der Waals surface area contributed by atoms with Crippen LogP contribution in [0.4, 0.5) is 11.4 Å². The lowest BCUT2D eigenvalue weighted by Gasteiger charge is -2.37. The number of carboxylic acid groups (broad SMARTS) is 1. The number of para-hydroxylation sites is 2. The first-order valence-electron chi connectivity index (χ1n) is 8.10. The number of nitrogens with one attached hydrogen (secondary N) is 1. The summed E-state index contributed by atoms with van der Waals surface area (Å²) in [6, 6.07) is 11.6. The molecule has 2 N–H and O–H groups in total. The summed E-state index contributed by atoms with van der Waals surface area (Å²) >= 11 is 0. The van der Waals surface area contributed by atoms with Crippen LogP contribution in [0.2, 0.25) is 0 Å². The number of benzene rings is 2. The predicted molar refractivity (Wildman–Crippen MR) is 92.8 cm³/mol. The number of carboxylic acids is 1. The van der Waals surface area contributed by atoms with Crippen molar-refractivity contribution in [1.29, 1.82) is 0 Å². The number of nitro groups is 1. The fraction of sp³-hybridized carbons (Fsp3) is 0.211. The summed E-state index contributed by atoms with van der Waals surface area (Å²) in [5, 5.41) is 24.3. The molecule has 0 aromatic heterocycles. The Morgan fingerprint density at radius 3 is 2.68 bits per heavy atom. The lowest BCUT2D eigenvalue weighted by atomic mass is 9.76. The molecule has 0 fully saturated rings. The van der Waals surface area contributed by atoms with Gasteiger partial charge in [-0.3, -0.25) is 10.1 Å². The Hall–Kier alpha value is -3.15. The molecule has 0 bridgehead atoms. The Kier molecular flexibility index (Phi) is 3.53. The summed E-state index contributed by atoms with van der Waals surface area (Å²) < 4.78 is 0. The summed E-state index contributed by atoms with van der Waals surface area (Å²) in [5.74, 6) is -0.830. The van der Waals surface area contributed by atoms with Crippen molar-refractivity contribution < 1.29 is 14.8 Å². The largest absolute Gasteiger partial charge is 0.478 e. The molecule has 1 aliphatic heterocycles. The van der Waals surface area contributed by atoms with Crippen LogP contribution in [0.5, 0.6) is 0 Å². The van der Waals surface area contributed by atoms with Crippen molar-refractivity contribution in [2.24, 2.45) is 5.92 Å². The number of allylic oxidation sites excluding steroid dienone is 2. The van der Waals surface area contributed by atoms with E-state index in [9.17, 15) is 20.0 Å². The van der Waals surface area contributed by atoms with Crippen molar-refractivity contribution in [2.75, 3.05) is 5.32 Å². The third-order valence-corrected chi connectivity index (χ3v) is 5.10. The number of nitrogens with zero attached hydrogens (tertiary/aromatic N) is 1. The number of rotatable bonds is 3. The first-order chi connectivity index (χ1) is 12.1. The van der Waals surface area contributed by atoms with Gasteiger partial charge in [0.25, 0.3) is 5.69 Å². The fourth-order valence-electron chi connectivity index (χ4n) is 4.02. The van der Waals surface area contributed by atoms with E-state index in [1.54, 1.807) is 30.3 Å². The van der Waals surface area contributed by atoms with Crippen LogP contribution in [0.15, 0.2) is 54.6 Å². The lowest BCUT2D eigenvalue weighted by molar-refractivity contribution is -0.385. The first-order valence-corrected chi connectivity index (χ1v) is 8.10. The molecule has 6 nitrogen and oxygen atoms in total. The second kappa shape index (κ2) is 5.73. The zero-order valence-electron chi connectivity index (χ0n) is 13.3. The minimum absolute atomic E-state index is 0.0559. The van der Waals surface area contributed by atoms with Gasteiger partial charge in [0.1, 0.15) is 0 Å². The molecule has 6 heteroatoms. The van der Waals surface area contributed by atoms with Gasteiger partial charge in [0.2, 0.25) is 0 Å². The maximum atomic E-state index is 11.6. The predicted octanol–water partition coefficient (Wildman–Crippen LogP) is 4.12. The van der Waals surface area contributed by atoms with Gasteiger partial charge in [-0.15, -0.1) is 0 Å². The molecule has 3 atom stereocenters. The van der Waals surface area contributed by atoms with E-state index >= 15 is 0 Å². The summed E-state index contributed by atoms with van der Waals surface area (Å²) in [4.78, 5) is 22.7. The molecule has 0 saturated heterocycles. The highest BCUT2D eigenvalue weighted by molar-refractivity contribution is 5.95. The monoisotopic (exact) mass is 336 g/mol. The smallest absolute Gasteiger partial charge is 0.337 e. The number of anilines is 1. The highest BCUT2D eigenvalue weighted by Crippen LogP contribution is 2.51. The van der Waals surface area contributed by atoms with Crippen LogP contribution in [-0.2, 0) is 0 Å². The molecule has 2 aromatic rings. The molecular formula is C19H16N2O4. The van der Waals surface area contributed by atoms with Gasteiger partial charge in [0.15, 0.2) is 0 Å². The molecule has 0 unspecified atom stereocenters. The van der Waals surface area contributed by atoms with E-state index < -0.39 is 5.97 Å². The van der Waals surface area contributed by atoms with Gasteiger partial charge >= 0.3 is 5.97 Å². The second-order valence-corrected chi connectivity index (χ2v) is 6.37. The molecule has 25 heavy (non-hydrogen) atoms. The van der Waals surface area contributed by atoms with Gasteiger partial charge in [-0.05, 0) is 24.0 Å². The van der Waals surface area contributed by atoms with Crippen molar-refractivity contribution in [2.45, 2.75) is 18.4 Å². The quantitative estimate of drug-likeness (QED) is 0.500. The van der Waals surface area contributed by atoms with Crippen molar-refractivity contribution in [3.05, 3.63) is 81.4 Å². The van der Waals surface area contributed by atoms with Gasteiger partial charge in [-0.2, -0.15) is 0 Å². The molecule has 2 aliphatic rings. The van der Waals surface area contributed by atoms with E-state index in [0.717, 1.165) is 12.0 Å². The third kappa shape index (κ3) is 2.38. The maximum absolute atomic E-state index is 11.6. The highest BCUT2D eigenvalue weighted by atomic mass is 16.6. The molecule has 0 radical (unpaired) electrons. The lowest BCUT2D eigenvalue weighted by Crippen LogP contribution is -2.30. The Morgan fingerprint density at radius 2 is 1.92 bits per heavy atom. The van der Waals surface area contributed by atoms with Crippen molar-refractivity contribution in [3.8, 4) is 0 Å². The molecule has 0 saturated carbocycles. The van der Waals surface area contributed by atoms with E-state index in [4.69, 9.17) is 0 Å². The van der Waals surface area contributed by atoms with Crippen molar-refractivity contribution >= 4 is 17.3 Å². The number of hydrogen-bond acceptors (Lipinski definition) is 4. The van der Waals surface area contributed by atoms with Gasteiger partial charge in [0, 0.05) is 12.0 Å². The number of aromatic carboxylic acids is 1. The molecule has 0 amide bonds. The Labute approximate surface area is 144 Å². The van der Waals surface area contributed by atoms with Crippen LogP contribution in [0.1, 0.15) is 39.9 Å². The van der Waals surface area contributed by atoms with Crippen LogP contribution in [-0.4, -0.2) is 16.0 Å². The maximum Gasteiger partial charge on any atom is 0.337 e. The normalized spacial score (nSPS) is 23.4. The van der Waals surface area contributed by atoms with Crippen LogP contribution in [0.3, 0.4) is 0 Å². The fourth-order valence-corrected chi connectivity index (χ4v) is 4.02. The van der Waals surface area contributed by atoms with E-state index in [-0.39, 0.29) is 34.1 Å². The SMILES string of the molecule is O=C(O)c1cccc2c1N[C@H](c1ccccc1[N+](=O)[O-])[C@@H]1CC=C[C@H]21. The van der Waals surface area contributed by atoms with Crippen molar-refractivity contribution in [3.63, 3.8) is 0 Å². The van der Waals surface area contributed by atoms with Crippen molar-refractivity contribution in [1.82, 2.24) is 0 Å². The number of carbonyl (C=O) groups is 1. The number of nitro benzene ring substituents is 1. The average molecular weight is 336 g/mol. The molecule has 1 heterocycles. The zero-order valence-corrected chi connectivity index (χ0v) is 13.3. The van der Waals surface area contributed by atoms with Crippen LogP contribution < -0.4 is 5.32 Å². The number of hydrogen-bond donors (Lipinski definition) is 2. The van der Waals surface area contributed by atoms with Crippen LogP contribution in [0, 0.1) is 16.0 Å². The highest BCUT2D eigenvalue weighted by Gasteiger charge is 2.41. The molecule has 2 aromatic carbocycles. The summed E-state index contributed by atoms with van der Waals surface area (Å²) in [6.07, 6.45) is 4.95. The van der Waals surface area contributed by atoms with Gasteiger partial charge in [-0.1, -0.05) is 42.5 Å². The Bertz CT molecular complexity index is 906. The first kappa shape index (κ1) is 15.4. The summed E-state index contributed by atoms with van der Waals surface area (Å²) in [5.41, 5.74) is 2.35. The summed E-state index contributed by atoms with van der Waals surface area (Å²) in [7, 11) is 0. The third-order valence-electron chi connectivity index (χ3n) is 5.10. The molecule has 126 valence electrons. The second-order valence-electron chi connectivity index (χ2n) is 6.37. The minimum Gasteiger partial charge on any atom is -0.478 e. The Morgan fingerprint density at radius 1 is 1.16 bits per heavy atom. The molecule has 1 aliphatic carbocycles. The molecule has 0 spiro atoms. The van der Waals surface area contributed by atoms with Gasteiger partial charge < -0.3 is 10.4 Å². The van der Waals surface area contributed by atoms with Crippen LogP contribution in [0.25, 0.3) is 0 Å². The minimum atomic E-state index is -1.01. The summed E-state index contributed by atoms with van der Waals surface area (Å²) in [6.45, 7) is 0. The van der Waals surface area contributed by atoms with E-state index in [1.165, 1.54) is 6.07 Å². The zero-order chi connectivity index (χ0) is 17.6. The topological polar surface area (TPSA) is 92.5 Å².